The SMILES string of the molecule is CN(C)CC1=C(c2cccc(O)c2)c2ccc(-c3cccc(O)c3)cc2CC1. The first kappa shape index (κ1) is 18.3. The highest BCUT2D eigenvalue weighted by molar-refractivity contribution is 5.86. The zero-order chi connectivity index (χ0) is 19.7. The molecule has 4 rings (SSSR count). The van der Waals surface area contributed by atoms with Gasteiger partial charge in [-0.05, 0) is 90.2 Å². The van der Waals surface area contributed by atoms with Gasteiger partial charge in [-0.3, -0.25) is 0 Å². The minimum absolute atomic E-state index is 0.281. The molecule has 1 aliphatic carbocycles. The largest absolute Gasteiger partial charge is 0.508 e. The number of likely N-dealkylation sites (N-methyl/N-ethyl adjacent to an activating group) is 1. The summed E-state index contributed by atoms with van der Waals surface area (Å²) >= 11 is 0. The van der Waals surface area contributed by atoms with Gasteiger partial charge in [0.2, 0.25) is 0 Å². The Hall–Kier alpha value is -3.04. The molecule has 0 radical (unpaired) electrons. The zero-order valence-corrected chi connectivity index (χ0v) is 16.3. The van der Waals surface area contributed by atoms with Crippen LogP contribution in [0, 0.1) is 0 Å². The summed E-state index contributed by atoms with van der Waals surface area (Å²) in [6.07, 6.45) is 1.99. The number of hydrogen-bond acceptors (Lipinski definition) is 3. The van der Waals surface area contributed by atoms with Gasteiger partial charge in [-0.25, -0.2) is 0 Å². The third kappa shape index (κ3) is 3.67. The van der Waals surface area contributed by atoms with Crippen molar-refractivity contribution >= 4 is 5.57 Å². The molecule has 0 heterocycles. The maximum absolute atomic E-state index is 10.0. The number of aromatic hydroxyl groups is 2. The van der Waals surface area contributed by atoms with Crippen molar-refractivity contribution in [3.8, 4) is 22.6 Å². The summed E-state index contributed by atoms with van der Waals surface area (Å²) in [6, 6.07) is 21.5. The fourth-order valence-electron chi connectivity index (χ4n) is 4.07. The van der Waals surface area contributed by atoms with Crippen molar-refractivity contribution in [2.24, 2.45) is 0 Å². The maximum Gasteiger partial charge on any atom is 0.116 e. The second-order valence-electron chi connectivity index (χ2n) is 7.69. The van der Waals surface area contributed by atoms with Crippen LogP contribution in [0.5, 0.6) is 11.5 Å². The molecule has 1 aliphatic rings. The molecule has 0 saturated carbocycles. The van der Waals surface area contributed by atoms with E-state index in [-0.39, 0.29) is 11.5 Å². The van der Waals surface area contributed by atoms with Crippen molar-refractivity contribution in [2.45, 2.75) is 12.8 Å². The molecule has 0 aliphatic heterocycles. The Morgan fingerprint density at radius 1 is 0.750 bits per heavy atom. The quantitative estimate of drug-likeness (QED) is 0.673. The van der Waals surface area contributed by atoms with Crippen LogP contribution >= 0.6 is 0 Å². The summed E-state index contributed by atoms with van der Waals surface area (Å²) in [5.74, 6) is 0.571. The van der Waals surface area contributed by atoms with Gasteiger partial charge in [0.05, 0.1) is 0 Å². The molecule has 3 aromatic rings. The highest BCUT2D eigenvalue weighted by Crippen LogP contribution is 2.39. The Morgan fingerprint density at radius 2 is 1.39 bits per heavy atom. The molecule has 0 unspecified atom stereocenters. The van der Waals surface area contributed by atoms with Gasteiger partial charge in [0.25, 0.3) is 0 Å². The Kier molecular flexibility index (Phi) is 4.93. The second kappa shape index (κ2) is 7.53. The lowest BCUT2D eigenvalue weighted by molar-refractivity contribution is 0.439. The van der Waals surface area contributed by atoms with E-state index in [1.807, 2.05) is 24.3 Å². The van der Waals surface area contributed by atoms with E-state index in [0.717, 1.165) is 36.1 Å². The van der Waals surface area contributed by atoms with E-state index >= 15 is 0 Å². The van der Waals surface area contributed by atoms with E-state index in [4.69, 9.17) is 0 Å². The standard InChI is InChI=1S/C25H25NO2/c1-26(2)16-21-10-9-19-13-18(17-5-3-7-22(27)14-17)11-12-24(19)25(21)20-6-4-8-23(28)15-20/h3-8,11-15,27-28H,9-10,16H2,1-2H3. The fourth-order valence-corrected chi connectivity index (χ4v) is 4.07. The molecule has 0 atom stereocenters. The smallest absolute Gasteiger partial charge is 0.116 e. The van der Waals surface area contributed by atoms with Crippen LogP contribution in [0.1, 0.15) is 23.1 Å². The first-order valence-corrected chi connectivity index (χ1v) is 9.60. The molecule has 0 saturated heterocycles. The molecule has 0 fully saturated rings. The van der Waals surface area contributed by atoms with Gasteiger partial charge in [0, 0.05) is 6.54 Å². The van der Waals surface area contributed by atoms with Crippen LogP contribution in [0.25, 0.3) is 16.7 Å². The normalized spacial score (nSPS) is 13.7. The molecule has 0 aromatic heterocycles. The van der Waals surface area contributed by atoms with E-state index in [0.29, 0.717) is 0 Å². The van der Waals surface area contributed by atoms with Crippen molar-refractivity contribution in [2.75, 3.05) is 20.6 Å². The van der Waals surface area contributed by atoms with Crippen LogP contribution in [-0.2, 0) is 6.42 Å². The van der Waals surface area contributed by atoms with Gasteiger partial charge in [0.15, 0.2) is 0 Å². The van der Waals surface area contributed by atoms with Crippen LogP contribution in [0.3, 0.4) is 0 Å². The number of aryl methyl sites for hydroxylation is 1. The summed E-state index contributed by atoms with van der Waals surface area (Å²) in [6.45, 7) is 0.902. The molecule has 3 nitrogen and oxygen atoms in total. The predicted molar refractivity (Wildman–Crippen MR) is 115 cm³/mol. The molecule has 28 heavy (non-hydrogen) atoms. The molecule has 0 spiro atoms. The molecular weight excluding hydrogens is 346 g/mol. The molecule has 3 heteroatoms. The highest BCUT2D eigenvalue weighted by atomic mass is 16.3. The average Bonchev–Trinajstić information content (AvgIpc) is 2.67. The average molecular weight is 371 g/mol. The lowest BCUT2D eigenvalue weighted by atomic mass is 9.81. The van der Waals surface area contributed by atoms with E-state index in [2.05, 4.69) is 43.3 Å². The van der Waals surface area contributed by atoms with Gasteiger partial charge in [-0.2, -0.15) is 0 Å². The predicted octanol–water partition coefficient (Wildman–Crippen LogP) is 5.07. The Labute approximate surface area is 166 Å². The topological polar surface area (TPSA) is 43.7 Å². The third-order valence-electron chi connectivity index (χ3n) is 5.25. The summed E-state index contributed by atoms with van der Waals surface area (Å²) < 4.78 is 0. The van der Waals surface area contributed by atoms with Crippen LogP contribution in [-0.4, -0.2) is 35.8 Å². The Balaban J connectivity index is 1.84. The summed E-state index contributed by atoms with van der Waals surface area (Å²) in [7, 11) is 4.18. The van der Waals surface area contributed by atoms with Gasteiger partial charge in [0.1, 0.15) is 11.5 Å². The van der Waals surface area contributed by atoms with Gasteiger partial charge in [-0.15, -0.1) is 0 Å². The lowest BCUT2D eigenvalue weighted by Crippen LogP contribution is -2.19. The van der Waals surface area contributed by atoms with Crippen LogP contribution in [0.15, 0.2) is 72.3 Å². The van der Waals surface area contributed by atoms with Gasteiger partial charge in [-0.1, -0.05) is 42.5 Å². The van der Waals surface area contributed by atoms with Gasteiger partial charge >= 0.3 is 0 Å². The number of nitrogens with zero attached hydrogens (tertiary/aromatic N) is 1. The third-order valence-corrected chi connectivity index (χ3v) is 5.25. The van der Waals surface area contributed by atoms with Crippen molar-refractivity contribution < 1.29 is 10.2 Å². The van der Waals surface area contributed by atoms with Crippen LogP contribution in [0.2, 0.25) is 0 Å². The molecule has 0 bridgehead atoms. The van der Waals surface area contributed by atoms with Crippen molar-refractivity contribution in [1.29, 1.82) is 0 Å². The van der Waals surface area contributed by atoms with Crippen molar-refractivity contribution in [1.82, 2.24) is 4.90 Å². The van der Waals surface area contributed by atoms with E-state index in [1.54, 1.807) is 18.2 Å². The molecule has 3 aromatic carbocycles. The summed E-state index contributed by atoms with van der Waals surface area (Å²) in [5, 5.41) is 19.8. The van der Waals surface area contributed by atoms with E-state index < -0.39 is 0 Å². The summed E-state index contributed by atoms with van der Waals surface area (Å²) in [4.78, 5) is 2.20. The van der Waals surface area contributed by atoms with Gasteiger partial charge < -0.3 is 15.1 Å². The second-order valence-corrected chi connectivity index (χ2v) is 7.69. The number of hydrogen-bond donors (Lipinski definition) is 2. The maximum atomic E-state index is 10.0. The van der Waals surface area contributed by atoms with Crippen molar-refractivity contribution in [3.05, 3.63) is 89.0 Å². The zero-order valence-electron chi connectivity index (χ0n) is 16.3. The lowest BCUT2D eigenvalue weighted by Gasteiger charge is -2.26. The number of fused-ring (bicyclic) bond motifs is 1. The molecule has 0 amide bonds. The Bertz CT molecular complexity index is 1050. The fraction of sp³-hybridized carbons (Fsp3) is 0.200. The van der Waals surface area contributed by atoms with E-state index in [1.165, 1.54) is 22.3 Å². The monoisotopic (exact) mass is 371 g/mol. The molecular formula is C25H25NO2. The molecule has 2 N–H and O–H groups in total. The number of benzene rings is 3. The van der Waals surface area contributed by atoms with Crippen LogP contribution < -0.4 is 0 Å². The first-order valence-electron chi connectivity index (χ1n) is 9.60. The number of phenolic OH excluding ortho intramolecular Hbond substituents is 2. The number of rotatable bonds is 4. The molecule has 142 valence electrons. The minimum atomic E-state index is 0.281. The number of phenols is 2. The van der Waals surface area contributed by atoms with E-state index in [9.17, 15) is 10.2 Å². The highest BCUT2D eigenvalue weighted by Gasteiger charge is 2.21. The Morgan fingerprint density at radius 3 is 2.07 bits per heavy atom. The van der Waals surface area contributed by atoms with Crippen molar-refractivity contribution in [3.63, 3.8) is 0 Å². The van der Waals surface area contributed by atoms with Crippen LogP contribution in [0.4, 0.5) is 0 Å². The summed E-state index contributed by atoms with van der Waals surface area (Å²) in [5.41, 5.74) is 8.36. The minimum Gasteiger partial charge on any atom is -0.508 e. The first-order chi connectivity index (χ1) is 13.5.